The maximum atomic E-state index is 10.6. The molecule has 0 aliphatic heterocycles. The topological polar surface area (TPSA) is 86.3 Å². The fourth-order valence-corrected chi connectivity index (χ4v) is 6.85. The van der Waals surface area contributed by atoms with Gasteiger partial charge in [0.05, 0.1) is 9.85 Å². The van der Waals surface area contributed by atoms with Crippen molar-refractivity contribution in [1.82, 2.24) is 0 Å². The molecule has 0 heterocycles. The van der Waals surface area contributed by atoms with Gasteiger partial charge in [-0.3, -0.25) is 20.2 Å². The molecule has 368 valence electrons. The molecule has 0 fully saturated rings. The number of rotatable bonds is 9. The summed E-state index contributed by atoms with van der Waals surface area (Å²) in [4.78, 5) is 20.6. The highest BCUT2D eigenvalue weighted by atomic mass is 16.6. The van der Waals surface area contributed by atoms with Crippen molar-refractivity contribution < 1.29 is 9.85 Å². The van der Waals surface area contributed by atoms with E-state index >= 15 is 0 Å². The summed E-state index contributed by atoms with van der Waals surface area (Å²) in [6, 6.07) is 25.2. The van der Waals surface area contributed by atoms with Crippen LogP contribution in [0.15, 0.2) is 72.8 Å². The average Bonchev–Trinajstić information content (AvgIpc) is 3.21. The van der Waals surface area contributed by atoms with Gasteiger partial charge in [-0.25, -0.2) is 0 Å². The Morgan fingerprint density at radius 3 is 1.17 bits per heavy atom. The van der Waals surface area contributed by atoms with Crippen molar-refractivity contribution in [2.24, 2.45) is 0 Å². The van der Waals surface area contributed by atoms with Crippen LogP contribution in [0.25, 0.3) is 0 Å². The van der Waals surface area contributed by atoms with Crippen LogP contribution in [0.5, 0.6) is 0 Å². The molecule has 6 heteroatoms. The van der Waals surface area contributed by atoms with E-state index in [1.165, 1.54) is 55.6 Å². The van der Waals surface area contributed by atoms with Gasteiger partial charge in [-0.05, 0) is 186 Å². The first-order valence-corrected chi connectivity index (χ1v) is 21.5. The van der Waals surface area contributed by atoms with Crippen molar-refractivity contribution in [3.63, 3.8) is 0 Å². The van der Waals surface area contributed by atoms with Gasteiger partial charge in [0.15, 0.2) is 0 Å². The van der Waals surface area contributed by atoms with Gasteiger partial charge in [0.2, 0.25) is 0 Å². The highest BCUT2D eigenvalue weighted by molar-refractivity contribution is 5.48. The summed E-state index contributed by atoms with van der Waals surface area (Å²) in [7, 11) is 0. The third kappa shape index (κ3) is 23.1. The number of nitro benzene ring substituents is 2. The lowest BCUT2D eigenvalue weighted by molar-refractivity contribution is -0.385. The van der Waals surface area contributed by atoms with E-state index in [1.807, 2.05) is 39.8 Å². The van der Waals surface area contributed by atoms with Crippen molar-refractivity contribution in [3.05, 3.63) is 182 Å². The minimum Gasteiger partial charge on any atom is -0.258 e. The summed E-state index contributed by atoms with van der Waals surface area (Å²) in [6.07, 6.45) is 7.43. The van der Waals surface area contributed by atoms with Crippen LogP contribution >= 0.6 is 0 Å². The first-order chi connectivity index (χ1) is 27.8. The Kier molecular flexibility index (Phi) is 39.8. The molecule has 0 aromatic heterocycles. The zero-order valence-corrected chi connectivity index (χ0v) is 39.4. The minimum atomic E-state index is -0.325. The second-order valence-corrected chi connectivity index (χ2v) is 15.5. The van der Waals surface area contributed by atoms with E-state index in [0.717, 1.165) is 78.3 Å². The normalized spacial score (nSPS) is 9.17. The van der Waals surface area contributed by atoms with Gasteiger partial charge in [0.25, 0.3) is 11.4 Å². The zero-order chi connectivity index (χ0) is 45.0. The highest BCUT2D eigenvalue weighted by Crippen LogP contribution is 2.24. The summed E-state index contributed by atoms with van der Waals surface area (Å²) < 4.78 is 0. The molecule has 0 saturated carbocycles. The Morgan fingerprint density at radius 1 is 0.338 bits per heavy atom. The monoisotopic (exact) mass is 899 g/mol. The molecule has 0 aliphatic carbocycles. The molecule has 0 bridgehead atoms. The van der Waals surface area contributed by atoms with Crippen LogP contribution in [0.4, 0.5) is 11.4 Å². The van der Waals surface area contributed by atoms with Gasteiger partial charge in [-0.15, -0.1) is 0 Å². The first kappa shape index (κ1) is 71.5. The SMILES string of the molecule is C.C.C.C.C.C.CCc1cc(C)c(C)c(C)c1.CCc1cc(C)c(C)c([N+](=O)[O-])c1.CCc1cc([N+](=O)[O-])c(C)cc1C.CCc1ccc(C)c(CC)c1.CCc1ccc(C)cc1CC. The van der Waals surface area contributed by atoms with Crippen LogP contribution in [0.3, 0.4) is 0 Å². The lowest BCUT2D eigenvalue weighted by Crippen LogP contribution is -1.96. The molecule has 0 saturated heterocycles. The summed E-state index contributed by atoms with van der Waals surface area (Å²) in [5.74, 6) is 0. The Morgan fingerprint density at radius 2 is 0.754 bits per heavy atom. The van der Waals surface area contributed by atoms with Crippen molar-refractivity contribution in [2.45, 2.75) is 200 Å². The standard InChI is InChI=1S/3C11H16.2C10H13NO2.6CH4/c1-5-11-6-8(2)10(4)9(3)7-11;1-4-10-7-6-9(3)11(5-2)8-10;1-4-10-7-6-9(3)8-11(10)5-2;1-4-9-5-7(2)8(3)10(6-9)11(12)13;1-4-9-6-10(11(12)13)8(3)5-7(9)2;;;;;;/h6-7H,5H2,1-4H3;2*6-8H,4-5H2,1-3H3;2*5-6H,4H2,1-3H3;6*1H4. The number of nitro groups is 2. The van der Waals surface area contributed by atoms with Crippen molar-refractivity contribution in [3.8, 4) is 0 Å². The smallest absolute Gasteiger partial charge is 0.258 e. The van der Waals surface area contributed by atoms with Crippen LogP contribution in [0.1, 0.15) is 182 Å². The van der Waals surface area contributed by atoms with E-state index in [2.05, 4.69) is 118 Å². The molecule has 5 aromatic rings. The molecule has 5 rings (SSSR count). The summed E-state index contributed by atoms with van der Waals surface area (Å²) in [5, 5.41) is 21.3. The third-order valence-electron chi connectivity index (χ3n) is 11.3. The number of benzene rings is 5. The molecule has 0 spiro atoms. The van der Waals surface area contributed by atoms with E-state index in [9.17, 15) is 20.2 Å². The predicted octanol–water partition coefficient (Wildman–Crippen LogP) is 18.8. The summed E-state index contributed by atoms with van der Waals surface area (Å²) >= 11 is 0. The second-order valence-electron chi connectivity index (χ2n) is 15.5. The predicted molar refractivity (Wildman–Crippen MR) is 294 cm³/mol. The molecule has 6 nitrogen and oxygen atoms in total. The lowest BCUT2D eigenvalue weighted by atomic mass is 10.00. The molecular weight excluding hydrogens is 801 g/mol. The van der Waals surface area contributed by atoms with Gasteiger partial charge >= 0.3 is 0 Å². The van der Waals surface area contributed by atoms with Gasteiger partial charge in [-0.2, -0.15) is 0 Å². The molecular formula is C59H98N2O4. The molecule has 0 amide bonds. The summed E-state index contributed by atoms with van der Waals surface area (Å²) in [6.45, 7) is 33.3. The van der Waals surface area contributed by atoms with E-state index in [4.69, 9.17) is 0 Å². The number of nitrogens with zero attached hydrogens (tertiary/aromatic N) is 2. The number of hydrogen-bond acceptors (Lipinski definition) is 4. The lowest BCUT2D eigenvalue weighted by Gasteiger charge is -2.06. The Bertz CT molecular complexity index is 2110. The molecule has 65 heavy (non-hydrogen) atoms. The fourth-order valence-electron chi connectivity index (χ4n) is 6.85. The van der Waals surface area contributed by atoms with E-state index in [0.29, 0.717) is 0 Å². The minimum absolute atomic E-state index is 0. The van der Waals surface area contributed by atoms with E-state index in [1.54, 1.807) is 26.0 Å². The average molecular weight is 899 g/mol. The summed E-state index contributed by atoms with van der Waals surface area (Å²) in [5.41, 5.74) is 20.6. The molecule has 0 aliphatic rings. The van der Waals surface area contributed by atoms with Crippen LogP contribution in [-0.2, 0) is 44.9 Å². The maximum Gasteiger partial charge on any atom is 0.272 e. The molecule has 0 atom stereocenters. The van der Waals surface area contributed by atoms with Gasteiger partial charge in [0.1, 0.15) is 0 Å². The van der Waals surface area contributed by atoms with E-state index < -0.39 is 0 Å². The Balaban J connectivity index is -0.000000164. The largest absolute Gasteiger partial charge is 0.272 e. The van der Waals surface area contributed by atoms with Crippen molar-refractivity contribution >= 4 is 11.4 Å². The Labute approximate surface area is 402 Å². The second kappa shape index (κ2) is 36.2. The highest BCUT2D eigenvalue weighted by Gasteiger charge is 2.13. The zero-order valence-electron chi connectivity index (χ0n) is 39.4. The van der Waals surface area contributed by atoms with Crippen LogP contribution in [0, 0.1) is 82.5 Å². The molecule has 5 aromatic carbocycles. The number of aryl methyl sites for hydroxylation is 14. The van der Waals surface area contributed by atoms with Crippen molar-refractivity contribution in [2.75, 3.05) is 0 Å². The fraction of sp³-hybridized carbons (Fsp3) is 0.492. The quantitative estimate of drug-likeness (QED) is 0.109. The Hall–Kier alpha value is -5.10. The third-order valence-corrected chi connectivity index (χ3v) is 11.3. The maximum absolute atomic E-state index is 10.6. The van der Waals surface area contributed by atoms with Gasteiger partial charge in [0, 0.05) is 23.3 Å². The number of hydrogen-bond donors (Lipinski definition) is 0. The van der Waals surface area contributed by atoms with Crippen LogP contribution < -0.4 is 0 Å². The molecule has 0 unspecified atom stereocenters. The van der Waals surface area contributed by atoms with Crippen LogP contribution in [-0.4, -0.2) is 9.85 Å². The molecule has 0 radical (unpaired) electrons. The van der Waals surface area contributed by atoms with Crippen LogP contribution in [0.2, 0.25) is 0 Å². The van der Waals surface area contributed by atoms with E-state index in [-0.39, 0.29) is 65.8 Å². The first-order valence-electron chi connectivity index (χ1n) is 21.5. The molecule has 0 N–H and O–H groups in total. The van der Waals surface area contributed by atoms with Crippen molar-refractivity contribution in [1.29, 1.82) is 0 Å². The van der Waals surface area contributed by atoms with Gasteiger partial charge < -0.3 is 0 Å². The van der Waals surface area contributed by atoms with Gasteiger partial charge in [-0.1, -0.05) is 153 Å².